The van der Waals surface area contributed by atoms with Crippen LogP contribution in [-0.4, -0.2) is 35.9 Å². The SMILES string of the molecule is CCc1ccccc1CN1CCCn2nc(CNS(C)(=O)=O)cc2C1. The highest BCUT2D eigenvalue weighted by molar-refractivity contribution is 7.88. The number of nitrogens with one attached hydrogen (secondary N) is 1. The van der Waals surface area contributed by atoms with Crippen LogP contribution in [0.1, 0.15) is 35.9 Å². The highest BCUT2D eigenvalue weighted by Crippen LogP contribution is 2.18. The maximum atomic E-state index is 11.3. The number of nitrogens with zero attached hydrogens (tertiary/aromatic N) is 3. The molecule has 0 aliphatic carbocycles. The molecule has 1 aliphatic heterocycles. The second-order valence-electron chi connectivity index (χ2n) is 6.63. The van der Waals surface area contributed by atoms with E-state index in [-0.39, 0.29) is 6.54 Å². The summed E-state index contributed by atoms with van der Waals surface area (Å²) in [5.74, 6) is 0. The summed E-state index contributed by atoms with van der Waals surface area (Å²) < 4.78 is 27.1. The maximum absolute atomic E-state index is 11.3. The van der Waals surface area contributed by atoms with E-state index in [4.69, 9.17) is 0 Å². The van der Waals surface area contributed by atoms with Crippen LogP contribution in [-0.2, 0) is 42.6 Å². The van der Waals surface area contributed by atoms with Crippen molar-refractivity contribution in [3.63, 3.8) is 0 Å². The second-order valence-corrected chi connectivity index (χ2v) is 8.46. The van der Waals surface area contributed by atoms with E-state index < -0.39 is 10.0 Å². The predicted molar refractivity (Wildman–Crippen MR) is 98.5 cm³/mol. The second kappa shape index (κ2) is 7.68. The van der Waals surface area contributed by atoms with Gasteiger partial charge in [-0.25, -0.2) is 13.1 Å². The zero-order chi connectivity index (χ0) is 17.9. The van der Waals surface area contributed by atoms with Crippen LogP contribution in [0.5, 0.6) is 0 Å². The molecule has 6 nitrogen and oxygen atoms in total. The van der Waals surface area contributed by atoms with Gasteiger partial charge in [0, 0.05) is 26.2 Å². The zero-order valence-electron chi connectivity index (χ0n) is 14.9. The van der Waals surface area contributed by atoms with Crippen LogP contribution in [0, 0.1) is 0 Å². The number of hydrogen-bond acceptors (Lipinski definition) is 4. The van der Waals surface area contributed by atoms with Gasteiger partial charge in [-0.15, -0.1) is 0 Å². The lowest BCUT2D eigenvalue weighted by molar-refractivity contribution is 0.260. The molecule has 3 rings (SSSR count). The van der Waals surface area contributed by atoms with E-state index in [9.17, 15) is 8.42 Å². The van der Waals surface area contributed by atoms with Crippen molar-refractivity contribution in [3.05, 3.63) is 52.8 Å². The third-order valence-electron chi connectivity index (χ3n) is 4.55. The van der Waals surface area contributed by atoms with Gasteiger partial charge in [0.1, 0.15) is 0 Å². The van der Waals surface area contributed by atoms with Crippen molar-refractivity contribution in [2.45, 2.75) is 45.9 Å². The first-order chi connectivity index (χ1) is 11.9. The molecule has 0 spiro atoms. The summed E-state index contributed by atoms with van der Waals surface area (Å²) in [4.78, 5) is 2.45. The average Bonchev–Trinajstić information content (AvgIpc) is 2.85. The minimum absolute atomic E-state index is 0.248. The zero-order valence-corrected chi connectivity index (χ0v) is 15.7. The first-order valence-electron chi connectivity index (χ1n) is 8.74. The van der Waals surface area contributed by atoms with Crippen LogP contribution in [0.4, 0.5) is 0 Å². The summed E-state index contributed by atoms with van der Waals surface area (Å²) in [6.45, 7) is 6.13. The van der Waals surface area contributed by atoms with E-state index in [1.54, 1.807) is 0 Å². The van der Waals surface area contributed by atoms with Crippen LogP contribution in [0.3, 0.4) is 0 Å². The summed E-state index contributed by atoms with van der Waals surface area (Å²) in [5.41, 5.74) is 4.71. The Morgan fingerprint density at radius 3 is 2.68 bits per heavy atom. The standard InChI is InChI=1S/C18H26N4O2S/c1-3-15-7-4-5-8-16(15)13-21-9-6-10-22-18(14-21)11-17(20-22)12-19-25(2,23)24/h4-5,7-8,11,19H,3,6,9-10,12-14H2,1-2H3. The Morgan fingerprint density at radius 2 is 1.96 bits per heavy atom. The molecule has 1 aromatic carbocycles. The van der Waals surface area contributed by atoms with Gasteiger partial charge in [-0.3, -0.25) is 9.58 Å². The average molecular weight is 362 g/mol. The number of sulfonamides is 1. The number of aromatic nitrogens is 2. The van der Waals surface area contributed by atoms with Crippen LogP contribution >= 0.6 is 0 Å². The normalized spacial score (nSPS) is 15.8. The lowest BCUT2D eigenvalue weighted by atomic mass is 10.0. The topological polar surface area (TPSA) is 67.2 Å². The molecule has 0 saturated heterocycles. The number of benzene rings is 1. The van der Waals surface area contributed by atoms with Crippen molar-refractivity contribution < 1.29 is 8.42 Å². The van der Waals surface area contributed by atoms with Gasteiger partial charge >= 0.3 is 0 Å². The molecular formula is C18H26N4O2S. The quantitative estimate of drug-likeness (QED) is 0.852. The summed E-state index contributed by atoms with van der Waals surface area (Å²) in [7, 11) is -3.20. The van der Waals surface area contributed by atoms with Gasteiger partial charge in [0.25, 0.3) is 0 Å². The van der Waals surface area contributed by atoms with Crippen molar-refractivity contribution in [2.75, 3.05) is 12.8 Å². The van der Waals surface area contributed by atoms with Crippen molar-refractivity contribution in [3.8, 4) is 0 Å². The molecule has 136 valence electrons. The largest absolute Gasteiger partial charge is 0.293 e. The van der Waals surface area contributed by atoms with E-state index in [1.807, 2.05) is 10.7 Å². The Labute approximate surface area is 149 Å². The fraction of sp³-hybridized carbons (Fsp3) is 0.500. The molecule has 2 aromatic rings. The lowest BCUT2D eigenvalue weighted by Gasteiger charge is -2.21. The molecule has 1 aromatic heterocycles. The molecule has 1 N–H and O–H groups in total. The summed E-state index contributed by atoms with van der Waals surface area (Å²) in [5, 5.41) is 4.55. The van der Waals surface area contributed by atoms with E-state index in [0.29, 0.717) is 0 Å². The minimum atomic E-state index is -3.20. The summed E-state index contributed by atoms with van der Waals surface area (Å²) in [6.07, 6.45) is 3.26. The molecule has 0 radical (unpaired) electrons. The number of fused-ring (bicyclic) bond motifs is 1. The molecule has 0 amide bonds. The van der Waals surface area contributed by atoms with Crippen LogP contribution in [0.2, 0.25) is 0 Å². The molecule has 0 unspecified atom stereocenters. The van der Waals surface area contributed by atoms with E-state index in [2.05, 4.69) is 45.9 Å². The van der Waals surface area contributed by atoms with Gasteiger partial charge in [-0.05, 0) is 30.0 Å². The molecule has 25 heavy (non-hydrogen) atoms. The van der Waals surface area contributed by atoms with E-state index >= 15 is 0 Å². The van der Waals surface area contributed by atoms with Gasteiger partial charge in [-0.1, -0.05) is 31.2 Å². The predicted octanol–water partition coefficient (Wildman–Crippen LogP) is 1.90. The van der Waals surface area contributed by atoms with Crippen molar-refractivity contribution in [2.24, 2.45) is 0 Å². The maximum Gasteiger partial charge on any atom is 0.209 e. The van der Waals surface area contributed by atoms with Crippen molar-refractivity contribution >= 4 is 10.0 Å². The van der Waals surface area contributed by atoms with Crippen LogP contribution < -0.4 is 4.72 Å². The van der Waals surface area contributed by atoms with Crippen LogP contribution in [0.15, 0.2) is 30.3 Å². The van der Waals surface area contributed by atoms with Gasteiger partial charge < -0.3 is 0 Å². The molecule has 0 saturated carbocycles. The van der Waals surface area contributed by atoms with E-state index in [1.165, 1.54) is 17.4 Å². The molecule has 2 heterocycles. The highest BCUT2D eigenvalue weighted by Gasteiger charge is 2.18. The van der Waals surface area contributed by atoms with Gasteiger partial charge in [0.05, 0.1) is 24.2 Å². The van der Waals surface area contributed by atoms with Gasteiger partial charge in [0.15, 0.2) is 0 Å². The van der Waals surface area contributed by atoms with E-state index in [0.717, 1.165) is 50.4 Å². The van der Waals surface area contributed by atoms with Crippen molar-refractivity contribution in [1.82, 2.24) is 19.4 Å². The smallest absolute Gasteiger partial charge is 0.209 e. The first-order valence-corrected chi connectivity index (χ1v) is 10.6. The van der Waals surface area contributed by atoms with Crippen molar-refractivity contribution in [1.29, 1.82) is 0 Å². The Balaban J connectivity index is 1.71. The molecule has 7 heteroatoms. The third kappa shape index (κ3) is 4.90. The first kappa shape index (κ1) is 18.1. The van der Waals surface area contributed by atoms with Crippen LogP contribution in [0.25, 0.3) is 0 Å². The number of hydrogen-bond donors (Lipinski definition) is 1. The fourth-order valence-electron chi connectivity index (χ4n) is 3.31. The lowest BCUT2D eigenvalue weighted by Crippen LogP contribution is -2.23. The Hall–Kier alpha value is -1.70. The monoisotopic (exact) mass is 362 g/mol. The highest BCUT2D eigenvalue weighted by atomic mass is 32.2. The number of aryl methyl sites for hydroxylation is 2. The molecule has 0 bridgehead atoms. The number of rotatable bonds is 6. The van der Waals surface area contributed by atoms with Gasteiger partial charge in [0.2, 0.25) is 10.0 Å². The minimum Gasteiger partial charge on any atom is -0.293 e. The Morgan fingerprint density at radius 1 is 1.20 bits per heavy atom. The molecular weight excluding hydrogens is 336 g/mol. The van der Waals surface area contributed by atoms with Gasteiger partial charge in [-0.2, -0.15) is 5.10 Å². The third-order valence-corrected chi connectivity index (χ3v) is 5.22. The summed E-state index contributed by atoms with van der Waals surface area (Å²) >= 11 is 0. The Bertz CT molecular complexity index is 829. The molecule has 0 fully saturated rings. The summed E-state index contributed by atoms with van der Waals surface area (Å²) in [6, 6.07) is 10.6. The molecule has 0 atom stereocenters. The fourth-order valence-corrected chi connectivity index (χ4v) is 3.72. The Kier molecular flexibility index (Phi) is 5.56. The molecule has 1 aliphatic rings.